The minimum atomic E-state index is -3.67. The summed E-state index contributed by atoms with van der Waals surface area (Å²) in [5, 5.41) is 12.0. The van der Waals surface area contributed by atoms with Crippen LogP contribution in [0, 0.1) is 0 Å². The fourth-order valence-electron chi connectivity index (χ4n) is 3.47. The number of carbonyl (C=O) groups excluding carboxylic acids is 1. The Labute approximate surface area is 197 Å². The molecule has 0 aromatic heterocycles. The van der Waals surface area contributed by atoms with Crippen LogP contribution in [0.5, 0.6) is 0 Å². The van der Waals surface area contributed by atoms with Crippen molar-refractivity contribution in [2.75, 3.05) is 10.6 Å². The van der Waals surface area contributed by atoms with Gasteiger partial charge in [-0.1, -0.05) is 77.8 Å². The van der Waals surface area contributed by atoms with Gasteiger partial charge in [-0.2, -0.15) is 0 Å². The van der Waals surface area contributed by atoms with E-state index >= 15 is 0 Å². The van der Waals surface area contributed by atoms with Gasteiger partial charge >= 0.3 is 0 Å². The number of sulfonamides is 1. The van der Waals surface area contributed by atoms with Crippen molar-refractivity contribution in [3.8, 4) is 0 Å². The van der Waals surface area contributed by atoms with Crippen LogP contribution in [0.15, 0.2) is 72.8 Å². The first kappa shape index (κ1) is 24.1. The summed E-state index contributed by atoms with van der Waals surface area (Å²) in [4.78, 5) is 11.7. The summed E-state index contributed by atoms with van der Waals surface area (Å²) >= 11 is 12.3. The van der Waals surface area contributed by atoms with Crippen molar-refractivity contribution in [1.82, 2.24) is 0 Å². The molecule has 0 saturated heterocycles. The van der Waals surface area contributed by atoms with E-state index in [1.165, 1.54) is 4.31 Å². The summed E-state index contributed by atoms with van der Waals surface area (Å²) in [6, 6.07) is 19.9. The van der Waals surface area contributed by atoms with Crippen LogP contribution in [0.3, 0.4) is 0 Å². The van der Waals surface area contributed by atoms with Crippen molar-refractivity contribution in [1.29, 1.82) is 0 Å². The molecule has 168 valence electrons. The number of primary amides is 1. The Balaban J connectivity index is 2.01. The Hall–Kier alpha value is -2.58. The van der Waals surface area contributed by atoms with Crippen LogP contribution >= 0.6 is 23.2 Å². The number of benzene rings is 3. The summed E-state index contributed by atoms with van der Waals surface area (Å²) in [6.45, 7) is -0.0260. The molecule has 32 heavy (non-hydrogen) atoms. The third-order valence-corrected chi connectivity index (χ3v) is 7.06. The maximum Gasteiger partial charge on any atom is 0.232 e. The van der Waals surface area contributed by atoms with E-state index in [9.17, 15) is 18.3 Å². The zero-order valence-electron chi connectivity index (χ0n) is 17.2. The zero-order valence-corrected chi connectivity index (χ0v) is 19.5. The van der Waals surface area contributed by atoms with E-state index < -0.39 is 21.5 Å². The summed E-state index contributed by atoms with van der Waals surface area (Å²) in [6.07, 6.45) is 0.761. The monoisotopic (exact) mass is 492 g/mol. The van der Waals surface area contributed by atoms with E-state index in [1.54, 1.807) is 72.8 Å². The van der Waals surface area contributed by atoms with E-state index in [1.807, 2.05) is 0 Å². The molecule has 1 amide bonds. The van der Waals surface area contributed by atoms with Crippen molar-refractivity contribution in [2.24, 2.45) is 5.73 Å². The number of halogens is 2. The molecule has 0 aliphatic carbocycles. The Morgan fingerprint density at radius 2 is 1.56 bits per heavy atom. The molecule has 0 aliphatic rings. The molecule has 0 fully saturated rings. The topological polar surface area (TPSA) is 101 Å². The average Bonchev–Trinajstić information content (AvgIpc) is 2.74. The molecule has 0 radical (unpaired) electrons. The highest BCUT2D eigenvalue weighted by molar-refractivity contribution is 7.92. The van der Waals surface area contributed by atoms with Crippen LogP contribution < -0.4 is 10.0 Å². The Morgan fingerprint density at radius 3 is 2.12 bits per heavy atom. The van der Waals surface area contributed by atoms with Crippen LogP contribution in [0.4, 0.5) is 5.69 Å². The first-order valence-electron chi connectivity index (χ1n) is 9.60. The van der Waals surface area contributed by atoms with E-state index in [2.05, 4.69) is 0 Å². The number of hydrogen-bond acceptors (Lipinski definition) is 4. The van der Waals surface area contributed by atoms with Gasteiger partial charge < -0.3 is 10.8 Å². The molecular formula is C23H22Cl2N2O4S. The molecule has 0 heterocycles. The zero-order chi connectivity index (χ0) is 23.5. The fourth-order valence-corrected chi connectivity index (χ4v) is 4.72. The van der Waals surface area contributed by atoms with Gasteiger partial charge in [0, 0.05) is 0 Å². The Kier molecular flexibility index (Phi) is 7.15. The third kappa shape index (κ3) is 5.24. The summed E-state index contributed by atoms with van der Waals surface area (Å²) in [7, 11) is -3.67. The highest BCUT2D eigenvalue weighted by Gasteiger charge is 2.33. The summed E-state index contributed by atoms with van der Waals surface area (Å²) < 4.78 is 26.2. The molecule has 1 unspecified atom stereocenters. The van der Waals surface area contributed by atoms with Crippen LogP contribution in [0.1, 0.15) is 23.1 Å². The molecule has 0 bridgehead atoms. The standard InChI is InChI=1S/C23H22Cl2N2O4S/c1-32(30,31)27(15-16-6-5-9-20(24)22(16)25)19-12-10-18(11-13-19)23(29,14-21(26)28)17-7-3-2-4-8-17/h2-13,29H,14-15H2,1H3,(H2,26,28). The van der Waals surface area contributed by atoms with Crippen LogP contribution in [-0.4, -0.2) is 25.7 Å². The van der Waals surface area contributed by atoms with Crippen LogP contribution in [0.2, 0.25) is 10.0 Å². The first-order chi connectivity index (χ1) is 15.0. The van der Waals surface area contributed by atoms with E-state index in [0.717, 1.165) is 6.26 Å². The molecule has 0 spiro atoms. The fraction of sp³-hybridized carbons (Fsp3) is 0.174. The molecular weight excluding hydrogens is 471 g/mol. The average molecular weight is 493 g/mol. The van der Waals surface area contributed by atoms with Crippen LogP contribution in [0.25, 0.3) is 0 Å². The lowest BCUT2D eigenvalue weighted by molar-refractivity contribution is -0.121. The van der Waals surface area contributed by atoms with Crippen molar-refractivity contribution in [3.63, 3.8) is 0 Å². The van der Waals surface area contributed by atoms with Gasteiger partial charge in [-0.15, -0.1) is 0 Å². The number of nitrogens with two attached hydrogens (primary N) is 1. The smallest absolute Gasteiger partial charge is 0.232 e. The maximum atomic E-state index is 12.5. The number of hydrogen-bond donors (Lipinski definition) is 2. The predicted molar refractivity (Wildman–Crippen MR) is 127 cm³/mol. The number of carbonyl (C=O) groups is 1. The van der Waals surface area contributed by atoms with Gasteiger partial charge in [-0.25, -0.2) is 8.42 Å². The van der Waals surface area contributed by atoms with Crippen molar-refractivity contribution >= 4 is 44.8 Å². The lowest BCUT2D eigenvalue weighted by Crippen LogP contribution is -2.33. The lowest BCUT2D eigenvalue weighted by Gasteiger charge is -2.29. The SMILES string of the molecule is CS(=O)(=O)N(Cc1cccc(Cl)c1Cl)c1ccc(C(O)(CC(N)=O)c2ccccc2)cc1. The van der Waals surface area contributed by atoms with Gasteiger partial charge in [0.05, 0.1) is 35.0 Å². The molecule has 9 heteroatoms. The maximum absolute atomic E-state index is 12.5. The summed E-state index contributed by atoms with van der Waals surface area (Å²) in [5.41, 5.74) is 5.54. The number of anilines is 1. The molecule has 1 atom stereocenters. The number of nitrogens with zero attached hydrogens (tertiary/aromatic N) is 1. The number of amides is 1. The second-order valence-corrected chi connectivity index (χ2v) is 10.1. The highest BCUT2D eigenvalue weighted by atomic mass is 35.5. The molecule has 3 rings (SSSR count). The van der Waals surface area contributed by atoms with Crippen molar-refractivity contribution < 1.29 is 18.3 Å². The van der Waals surface area contributed by atoms with Gasteiger partial charge in [0.15, 0.2) is 0 Å². The lowest BCUT2D eigenvalue weighted by atomic mass is 9.83. The molecule has 3 aromatic carbocycles. The van der Waals surface area contributed by atoms with Gasteiger partial charge in [0.1, 0.15) is 5.60 Å². The van der Waals surface area contributed by atoms with Crippen molar-refractivity contribution in [3.05, 3.63) is 99.5 Å². The molecule has 3 aromatic rings. The van der Waals surface area contributed by atoms with Gasteiger partial charge in [-0.3, -0.25) is 9.10 Å². The van der Waals surface area contributed by atoms with Gasteiger partial charge in [0.25, 0.3) is 0 Å². The van der Waals surface area contributed by atoms with Gasteiger partial charge in [0.2, 0.25) is 15.9 Å². The normalized spacial score (nSPS) is 13.4. The first-order valence-corrected chi connectivity index (χ1v) is 12.2. The second-order valence-electron chi connectivity index (χ2n) is 7.40. The summed E-state index contributed by atoms with van der Waals surface area (Å²) in [5.74, 6) is -0.672. The Morgan fingerprint density at radius 1 is 0.969 bits per heavy atom. The predicted octanol–water partition coefficient (Wildman–Crippen LogP) is 4.07. The number of rotatable bonds is 8. The largest absolute Gasteiger partial charge is 0.380 e. The van der Waals surface area contributed by atoms with Crippen LogP contribution in [-0.2, 0) is 27.0 Å². The third-order valence-electron chi connectivity index (χ3n) is 5.06. The molecule has 0 saturated carbocycles. The Bertz CT molecular complexity index is 1220. The highest BCUT2D eigenvalue weighted by Crippen LogP contribution is 2.35. The quantitative estimate of drug-likeness (QED) is 0.494. The van der Waals surface area contributed by atoms with Gasteiger partial charge in [-0.05, 0) is 34.9 Å². The molecule has 0 aliphatic heterocycles. The van der Waals surface area contributed by atoms with E-state index in [4.69, 9.17) is 28.9 Å². The molecule has 3 N–H and O–H groups in total. The second kappa shape index (κ2) is 9.50. The minimum Gasteiger partial charge on any atom is -0.380 e. The van der Waals surface area contributed by atoms with E-state index in [0.29, 0.717) is 27.4 Å². The minimum absolute atomic E-state index is 0.0260. The molecule has 6 nitrogen and oxygen atoms in total. The number of aliphatic hydroxyl groups is 1. The van der Waals surface area contributed by atoms with Crippen molar-refractivity contribution in [2.45, 2.75) is 18.6 Å². The van der Waals surface area contributed by atoms with E-state index in [-0.39, 0.29) is 18.0 Å².